The third kappa shape index (κ3) is 2.44. The summed E-state index contributed by atoms with van der Waals surface area (Å²) in [5, 5.41) is 18.0. The lowest BCUT2D eigenvalue weighted by molar-refractivity contribution is 0.713. The van der Waals surface area contributed by atoms with E-state index in [4.69, 9.17) is 5.73 Å². The topological polar surface area (TPSA) is 101 Å². The SMILES string of the molecule is C[C@@H]1CCCN1c1c(C#N)c2c(N)nc(Nc3ccn(C)n3)cc2n1C. The normalized spacial score (nSPS) is 17.0. The van der Waals surface area contributed by atoms with E-state index in [1.807, 2.05) is 32.4 Å². The van der Waals surface area contributed by atoms with Gasteiger partial charge in [-0.1, -0.05) is 0 Å². The van der Waals surface area contributed by atoms with E-state index < -0.39 is 0 Å². The van der Waals surface area contributed by atoms with Crippen molar-refractivity contribution in [3.05, 3.63) is 23.9 Å². The zero-order chi connectivity index (χ0) is 18.4. The Hall–Kier alpha value is -3.21. The van der Waals surface area contributed by atoms with Crippen LogP contribution in [0.2, 0.25) is 0 Å². The molecule has 0 unspecified atom stereocenters. The predicted octanol–water partition coefficient (Wildman–Crippen LogP) is 2.49. The minimum Gasteiger partial charge on any atom is -0.383 e. The number of nitrogens with zero attached hydrogens (tertiary/aromatic N) is 6. The first kappa shape index (κ1) is 16.3. The van der Waals surface area contributed by atoms with E-state index in [0.717, 1.165) is 36.1 Å². The van der Waals surface area contributed by atoms with Crippen LogP contribution in [0.25, 0.3) is 10.9 Å². The zero-order valence-corrected chi connectivity index (χ0v) is 15.2. The molecule has 1 aliphatic heterocycles. The molecular formula is C18H22N8. The Morgan fingerprint density at radius 2 is 2.15 bits per heavy atom. The predicted molar refractivity (Wildman–Crippen MR) is 102 cm³/mol. The van der Waals surface area contributed by atoms with Gasteiger partial charge >= 0.3 is 0 Å². The fourth-order valence-electron chi connectivity index (χ4n) is 3.83. The second-order valence-electron chi connectivity index (χ2n) is 6.84. The van der Waals surface area contributed by atoms with Crippen LogP contribution in [0.4, 0.5) is 23.3 Å². The van der Waals surface area contributed by atoms with Crippen LogP contribution in [0.3, 0.4) is 0 Å². The standard InChI is InChI=1S/C18H22N8/c1-11-5-4-7-26(11)18-12(10-19)16-13(25(18)3)9-15(22-17(16)20)21-14-6-8-24(2)23-14/h6,8-9,11H,4-5,7H2,1-3H3,(H3,20,21,22,23)/t11-/m1/s1. The highest BCUT2D eigenvalue weighted by atomic mass is 15.3. The van der Waals surface area contributed by atoms with E-state index in [1.54, 1.807) is 4.68 Å². The Morgan fingerprint density at radius 1 is 1.35 bits per heavy atom. The third-order valence-electron chi connectivity index (χ3n) is 5.09. The van der Waals surface area contributed by atoms with Gasteiger partial charge in [0.2, 0.25) is 0 Å². The molecule has 1 aliphatic rings. The van der Waals surface area contributed by atoms with Crippen molar-refractivity contribution >= 4 is 34.2 Å². The first-order chi connectivity index (χ1) is 12.5. The third-order valence-corrected chi connectivity index (χ3v) is 5.09. The van der Waals surface area contributed by atoms with E-state index in [1.165, 1.54) is 0 Å². The lowest BCUT2D eigenvalue weighted by atomic mass is 10.2. The number of hydrogen-bond donors (Lipinski definition) is 2. The number of pyridine rings is 1. The van der Waals surface area contributed by atoms with Gasteiger partial charge in [-0.2, -0.15) is 10.4 Å². The Balaban J connectivity index is 1.86. The molecule has 0 bridgehead atoms. The van der Waals surface area contributed by atoms with Crippen LogP contribution in [0.15, 0.2) is 18.3 Å². The fraction of sp³-hybridized carbons (Fsp3) is 0.389. The van der Waals surface area contributed by atoms with Crippen molar-refractivity contribution in [3.8, 4) is 6.07 Å². The summed E-state index contributed by atoms with van der Waals surface area (Å²) in [5.41, 5.74) is 7.74. The van der Waals surface area contributed by atoms with E-state index in [2.05, 4.69) is 37.9 Å². The number of anilines is 4. The molecule has 4 heterocycles. The van der Waals surface area contributed by atoms with Crippen LogP contribution >= 0.6 is 0 Å². The average molecular weight is 350 g/mol. The molecule has 1 saturated heterocycles. The Labute approximate surface area is 151 Å². The minimum absolute atomic E-state index is 0.353. The van der Waals surface area contributed by atoms with Gasteiger partial charge in [-0.05, 0) is 19.8 Å². The maximum Gasteiger partial charge on any atom is 0.153 e. The van der Waals surface area contributed by atoms with Crippen molar-refractivity contribution in [1.82, 2.24) is 19.3 Å². The van der Waals surface area contributed by atoms with Crippen molar-refractivity contribution < 1.29 is 0 Å². The quantitative estimate of drug-likeness (QED) is 0.753. The van der Waals surface area contributed by atoms with E-state index in [0.29, 0.717) is 29.1 Å². The number of nitrogen functional groups attached to an aromatic ring is 1. The molecule has 0 aliphatic carbocycles. The first-order valence-corrected chi connectivity index (χ1v) is 8.72. The van der Waals surface area contributed by atoms with Gasteiger partial charge in [-0.15, -0.1) is 0 Å². The Morgan fingerprint density at radius 3 is 2.77 bits per heavy atom. The van der Waals surface area contributed by atoms with Crippen molar-refractivity contribution in [2.45, 2.75) is 25.8 Å². The molecule has 8 nitrogen and oxygen atoms in total. The molecule has 4 rings (SSSR count). The first-order valence-electron chi connectivity index (χ1n) is 8.72. The van der Waals surface area contributed by atoms with Crippen LogP contribution in [-0.4, -0.2) is 31.9 Å². The number of nitriles is 1. The van der Waals surface area contributed by atoms with Crippen molar-refractivity contribution in [2.24, 2.45) is 14.1 Å². The van der Waals surface area contributed by atoms with Crippen LogP contribution in [0, 0.1) is 11.3 Å². The second-order valence-corrected chi connectivity index (χ2v) is 6.84. The molecule has 3 aromatic heterocycles. The van der Waals surface area contributed by atoms with Gasteiger partial charge in [0.05, 0.1) is 10.9 Å². The van der Waals surface area contributed by atoms with Crippen LogP contribution in [0.5, 0.6) is 0 Å². The molecule has 1 atom stereocenters. The van der Waals surface area contributed by atoms with Gasteiger partial charge in [-0.3, -0.25) is 4.68 Å². The molecule has 0 saturated carbocycles. The highest BCUT2D eigenvalue weighted by molar-refractivity contribution is 6.01. The molecule has 0 spiro atoms. The summed E-state index contributed by atoms with van der Waals surface area (Å²) in [7, 11) is 3.84. The summed E-state index contributed by atoms with van der Waals surface area (Å²) in [6, 6.07) is 6.55. The van der Waals surface area contributed by atoms with Gasteiger partial charge in [0.25, 0.3) is 0 Å². The van der Waals surface area contributed by atoms with Crippen molar-refractivity contribution in [1.29, 1.82) is 5.26 Å². The molecule has 8 heteroatoms. The lowest BCUT2D eigenvalue weighted by Gasteiger charge is -2.24. The molecule has 0 radical (unpaired) electrons. The fourth-order valence-corrected chi connectivity index (χ4v) is 3.83. The summed E-state index contributed by atoms with van der Waals surface area (Å²) < 4.78 is 3.77. The van der Waals surface area contributed by atoms with Crippen LogP contribution in [0.1, 0.15) is 25.3 Å². The minimum atomic E-state index is 0.353. The summed E-state index contributed by atoms with van der Waals surface area (Å²) in [6.45, 7) is 3.15. The molecule has 0 amide bonds. The molecule has 0 aromatic carbocycles. The molecular weight excluding hydrogens is 328 g/mol. The molecule has 3 aromatic rings. The zero-order valence-electron chi connectivity index (χ0n) is 15.2. The monoisotopic (exact) mass is 350 g/mol. The van der Waals surface area contributed by atoms with E-state index in [9.17, 15) is 5.26 Å². The maximum absolute atomic E-state index is 9.81. The molecule has 26 heavy (non-hydrogen) atoms. The van der Waals surface area contributed by atoms with Gasteiger partial charge in [0.15, 0.2) is 5.82 Å². The Kier molecular flexibility index (Phi) is 3.72. The summed E-state index contributed by atoms with van der Waals surface area (Å²) >= 11 is 0. The number of hydrogen-bond acceptors (Lipinski definition) is 6. The number of aromatic nitrogens is 4. The average Bonchev–Trinajstić information content (AvgIpc) is 3.27. The van der Waals surface area contributed by atoms with Crippen LogP contribution < -0.4 is 16.0 Å². The summed E-state index contributed by atoms with van der Waals surface area (Å²) in [4.78, 5) is 6.74. The molecule has 134 valence electrons. The van der Waals surface area contributed by atoms with Gasteiger partial charge in [0.1, 0.15) is 29.1 Å². The van der Waals surface area contributed by atoms with Crippen LogP contribution in [-0.2, 0) is 14.1 Å². The summed E-state index contributed by atoms with van der Waals surface area (Å²) in [5.74, 6) is 2.59. The molecule has 3 N–H and O–H groups in total. The van der Waals surface area contributed by atoms with Crippen molar-refractivity contribution in [3.63, 3.8) is 0 Å². The largest absolute Gasteiger partial charge is 0.383 e. The number of nitrogens with one attached hydrogen (secondary N) is 1. The molecule has 1 fully saturated rings. The number of fused-ring (bicyclic) bond motifs is 1. The van der Waals surface area contributed by atoms with Crippen molar-refractivity contribution in [2.75, 3.05) is 22.5 Å². The number of aryl methyl sites for hydroxylation is 2. The van der Waals surface area contributed by atoms with Gasteiger partial charge < -0.3 is 20.5 Å². The maximum atomic E-state index is 9.81. The highest BCUT2D eigenvalue weighted by Gasteiger charge is 2.28. The van der Waals surface area contributed by atoms with E-state index in [-0.39, 0.29) is 0 Å². The highest BCUT2D eigenvalue weighted by Crippen LogP contribution is 2.38. The number of rotatable bonds is 3. The Bertz CT molecular complexity index is 1020. The smallest absolute Gasteiger partial charge is 0.153 e. The van der Waals surface area contributed by atoms with Gasteiger partial charge in [-0.25, -0.2) is 4.98 Å². The number of nitrogens with two attached hydrogens (primary N) is 1. The lowest BCUT2D eigenvalue weighted by Crippen LogP contribution is -2.28. The van der Waals surface area contributed by atoms with E-state index >= 15 is 0 Å². The second kappa shape index (κ2) is 5.95. The summed E-state index contributed by atoms with van der Waals surface area (Å²) in [6.07, 6.45) is 4.12. The van der Waals surface area contributed by atoms with Gasteiger partial charge in [0, 0.05) is 45.0 Å².